The van der Waals surface area contributed by atoms with Gasteiger partial charge >= 0.3 is 0 Å². The first-order valence-corrected chi connectivity index (χ1v) is 7.28. The maximum atomic E-state index is 11.4. The third-order valence-corrected chi connectivity index (χ3v) is 3.24. The van der Waals surface area contributed by atoms with Crippen LogP contribution >= 0.6 is 12.6 Å². The first kappa shape index (κ1) is 15.1. The van der Waals surface area contributed by atoms with Crippen LogP contribution in [0.15, 0.2) is 21.7 Å². The maximum absolute atomic E-state index is 11.4. The number of unbranched alkanes of at least 4 members (excludes halogenated alkanes) is 6. The summed E-state index contributed by atoms with van der Waals surface area (Å²) >= 11 is 4.18. The number of hydrogen-bond acceptors (Lipinski definition) is 3. The fourth-order valence-electron chi connectivity index (χ4n) is 1.89. The van der Waals surface area contributed by atoms with Crippen LogP contribution in [0.25, 0.3) is 0 Å². The predicted molar refractivity (Wildman–Crippen MR) is 77.5 cm³/mol. The predicted octanol–water partition coefficient (Wildman–Crippen LogP) is 2.20. The molecule has 0 saturated heterocycles. The van der Waals surface area contributed by atoms with Crippen LogP contribution in [-0.2, 0) is 6.54 Å². The zero-order valence-electron chi connectivity index (χ0n) is 10.7. The fourth-order valence-corrected chi connectivity index (χ4v) is 2.12. The number of aromatic nitrogens is 2. The van der Waals surface area contributed by atoms with Gasteiger partial charge in [0.25, 0.3) is 11.1 Å². The van der Waals surface area contributed by atoms with Crippen LogP contribution in [0, 0.1) is 0 Å². The summed E-state index contributed by atoms with van der Waals surface area (Å²) in [6.07, 6.45) is 8.20. The molecule has 0 aromatic carbocycles. The van der Waals surface area contributed by atoms with Crippen LogP contribution in [0.5, 0.6) is 0 Å². The van der Waals surface area contributed by atoms with E-state index in [0.717, 1.165) is 18.6 Å². The number of H-pyrrole nitrogens is 1. The minimum Gasteiger partial charge on any atom is -0.268 e. The SMILES string of the molecule is O=c1ccc(=O)n(CCCCCCCCCS)[nH]1. The minimum absolute atomic E-state index is 0.136. The molecular weight excluding hydrogens is 248 g/mol. The lowest BCUT2D eigenvalue weighted by atomic mass is 10.1. The lowest BCUT2D eigenvalue weighted by molar-refractivity contribution is 0.502. The first-order valence-electron chi connectivity index (χ1n) is 6.65. The number of thiol groups is 1. The van der Waals surface area contributed by atoms with Gasteiger partial charge in [0, 0.05) is 18.7 Å². The molecule has 1 aromatic heterocycles. The number of hydrogen-bond donors (Lipinski definition) is 2. The van der Waals surface area contributed by atoms with Gasteiger partial charge in [-0.15, -0.1) is 0 Å². The van der Waals surface area contributed by atoms with Gasteiger partial charge in [0.2, 0.25) is 0 Å². The molecule has 18 heavy (non-hydrogen) atoms. The molecule has 0 saturated carbocycles. The van der Waals surface area contributed by atoms with E-state index in [4.69, 9.17) is 0 Å². The molecule has 0 aliphatic rings. The zero-order chi connectivity index (χ0) is 13.2. The molecule has 0 aliphatic carbocycles. The summed E-state index contributed by atoms with van der Waals surface area (Å²) in [6, 6.07) is 2.58. The molecule has 1 heterocycles. The molecule has 0 bridgehead atoms. The average Bonchev–Trinajstić information content (AvgIpc) is 2.36. The van der Waals surface area contributed by atoms with Crippen molar-refractivity contribution in [3.8, 4) is 0 Å². The molecule has 0 unspecified atom stereocenters. The minimum atomic E-state index is -0.221. The summed E-state index contributed by atoms with van der Waals surface area (Å²) in [7, 11) is 0. The lowest BCUT2D eigenvalue weighted by Gasteiger charge is -2.04. The highest BCUT2D eigenvalue weighted by atomic mass is 32.1. The second-order valence-corrected chi connectivity index (χ2v) is 4.94. The van der Waals surface area contributed by atoms with Crippen LogP contribution in [-0.4, -0.2) is 15.5 Å². The molecule has 0 aliphatic heterocycles. The number of rotatable bonds is 9. The van der Waals surface area contributed by atoms with Gasteiger partial charge in [-0.25, -0.2) is 0 Å². The zero-order valence-corrected chi connectivity index (χ0v) is 11.6. The monoisotopic (exact) mass is 270 g/mol. The highest BCUT2D eigenvalue weighted by molar-refractivity contribution is 7.80. The smallest absolute Gasteiger partial charge is 0.265 e. The summed E-state index contributed by atoms with van der Waals surface area (Å²) < 4.78 is 1.39. The van der Waals surface area contributed by atoms with Crippen molar-refractivity contribution in [1.82, 2.24) is 9.78 Å². The molecule has 1 rings (SSSR count). The van der Waals surface area contributed by atoms with Crippen molar-refractivity contribution in [3.63, 3.8) is 0 Å². The molecule has 0 radical (unpaired) electrons. The molecule has 0 fully saturated rings. The van der Waals surface area contributed by atoms with Crippen molar-refractivity contribution in [1.29, 1.82) is 0 Å². The molecule has 102 valence electrons. The summed E-state index contributed by atoms with van der Waals surface area (Å²) in [5.74, 6) is 0.976. The summed E-state index contributed by atoms with van der Waals surface area (Å²) in [4.78, 5) is 22.5. The van der Waals surface area contributed by atoms with Crippen molar-refractivity contribution in [2.24, 2.45) is 0 Å². The van der Waals surface area contributed by atoms with Crippen molar-refractivity contribution in [3.05, 3.63) is 32.8 Å². The van der Waals surface area contributed by atoms with Gasteiger partial charge in [-0.3, -0.25) is 19.4 Å². The van der Waals surface area contributed by atoms with E-state index in [-0.39, 0.29) is 11.1 Å². The Morgan fingerprint density at radius 3 is 2.22 bits per heavy atom. The van der Waals surface area contributed by atoms with Crippen LogP contribution in [0.2, 0.25) is 0 Å². The average molecular weight is 270 g/mol. The van der Waals surface area contributed by atoms with Gasteiger partial charge in [-0.2, -0.15) is 12.6 Å². The third-order valence-electron chi connectivity index (χ3n) is 2.93. The van der Waals surface area contributed by atoms with Gasteiger partial charge in [0.15, 0.2) is 0 Å². The highest BCUT2D eigenvalue weighted by Crippen LogP contribution is 2.07. The molecule has 5 heteroatoms. The van der Waals surface area contributed by atoms with E-state index in [1.54, 1.807) is 0 Å². The van der Waals surface area contributed by atoms with Crippen molar-refractivity contribution < 1.29 is 0 Å². The Labute approximate surface area is 113 Å². The molecule has 0 atom stereocenters. The van der Waals surface area contributed by atoms with Crippen molar-refractivity contribution in [2.75, 3.05) is 5.75 Å². The summed E-state index contributed by atoms with van der Waals surface area (Å²) in [6.45, 7) is 0.603. The Morgan fingerprint density at radius 2 is 1.56 bits per heavy atom. The standard InChI is InChI=1S/C13H22N2O2S/c16-12-8-9-13(17)15(14-12)10-6-4-2-1-3-5-7-11-18/h8-9,18H,1-7,10-11H2,(H,14,16). The lowest BCUT2D eigenvalue weighted by Crippen LogP contribution is -2.27. The molecule has 0 spiro atoms. The Morgan fingerprint density at radius 1 is 0.944 bits per heavy atom. The summed E-state index contributed by atoms with van der Waals surface area (Å²) in [5, 5.41) is 2.53. The molecule has 1 aromatic rings. The second kappa shape index (κ2) is 9.03. The Balaban J connectivity index is 2.12. The van der Waals surface area contributed by atoms with Gasteiger partial charge in [0.1, 0.15) is 0 Å². The normalized spacial score (nSPS) is 10.7. The van der Waals surface area contributed by atoms with Gasteiger partial charge in [0.05, 0.1) is 0 Å². The Kier molecular flexibility index (Phi) is 7.57. The van der Waals surface area contributed by atoms with Crippen LogP contribution < -0.4 is 11.1 Å². The molecule has 0 amide bonds. The Hall–Kier alpha value is -0.970. The van der Waals surface area contributed by atoms with Crippen LogP contribution in [0.4, 0.5) is 0 Å². The largest absolute Gasteiger partial charge is 0.268 e. The van der Waals surface area contributed by atoms with Crippen molar-refractivity contribution in [2.45, 2.75) is 51.5 Å². The van der Waals surface area contributed by atoms with Crippen molar-refractivity contribution >= 4 is 12.6 Å². The molecular formula is C13H22N2O2S. The highest BCUT2D eigenvalue weighted by Gasteiger charge is 1.96. The van der Waals surface area contributed by atoms with E-state index in [0.29, 0.717) is 6.54 Å². The first-order chi connectivity index (χ1) is 8.74. The number of nitrogens with zero attached hydrogens (tertiary/aromatic N) is 1. The van der Waals surface area contributed by atoms with Gasteiger partial charge in [-0.1, -0.05) is 32.1 Å². The molecule has 1 N–H and O–H groups in total. The van der Waals surface area contributed by atoms with Gasteiger partial charge < -0.3 is 0 Å². The van der Waals surface area contributed by atoms with E-state index in [9.17, 15) is 9.59 Å². The van der Waals surface area contributed by atoms with Crippen LogP contribution in [0.3, 0.4) is 0 Å². The van der Waals surface area contributed by atoms with E-state index in [1.807, 2.05) is 0 Å². The fraction of sp³-hybridized carbons (Fsp3) is 0.692. The van der Waals surface area contributed by atoms with Gasteiger partial charge in [-0.05, 0) is 18.6 Å². The van der Waals surface area contributed by atoms with E-state index < -0.39 is 0 Å². The Bertz CT molecular complexity index is 439. The maximum Gasteiger partial charge on any atom is 0.265 e. The summed E-state index contributed by atoms with van der Waals surface area (Å²) in [5.41, 5.74) is -0.357. The topological polar surface area (TPSA) is 54.9 Å². The van der Waals surface area contributed by atoms with E-state index in [2.05, 4.69) is 17.7 Å². The van der Waals surface area contributed by atoms with E-state index >= 15 is 0 Å². The number of nitrogens with one attached hydrogen (secondary N) is 1. The third kappa shape index (κ3) is 6.10. The second-order valence-electron chi connectivity index (χ2n) is 4.50. The number of aromatic amines is 1. The molecule has 4 nitrogen and oxygen atoms in total. The number of aryl methyl sites for hydroxylation is 1. The quantitative estimate of drug-likeness (QED) is 0.534. The van der Waals surface area contributed by atoms with Crippen LogP contribution in [0.1, 0.15) is 44.9 Å². The van der Waals surface area contributed by atoms with E-state index in [1.165, 1.54) is 48.9 Å².